The Hall–Kier alpha value is -1.97. The maximum Gasteiger partial charge on any atom is 0.269 e. The van der Waals surface area contributed by atoms with E-state index in [2.05, 4.69) is 10.9 Å². The Morgan fingerprint density at radius 1 is 1.08 bits per heavy atom. The molecule has 1 aliphatic heterocycles. The van der Waals surface area contributed by atoms with E-state index in [-0.39, 0.29) is 35.8 Å². The van der Waals surface area contributed by atoms with Crippen LogP contribution >= 0.6 is 0 Å². The fraction of sp³-hybridized carbons (Fsp3) is 0.467. The second-order valence-electron chi connectivity index (χ2n) is 5.74. The summed E-state index contributed by atoms with van der Waals surface area (Å²) in [5.74, 6) is -0.930. The number of hydrogen-bond donors (Lipinski definition) is 2. The molecule has 0 aliphatic carbocycles. The normalized spacial score (nSPS) is 22.0. The number of amides is 2. The molecule has 9 heteroatoms. The van der Waals surface area contributed by atoms with Crippen molar-refractivity contribution in [3.05, 3.63) is 29.8 Å². The van der Waals surface area contributed by atoms with Crippen LogP contribution in [0.1, 0.15) is 31.1 Å². The zero-order valence-electron chi connectivity index (χ0n) is 13.8. The molecule has 1 aliphatic rings. The quantitative estimate of drug-likeness (QED) is 0.757. The Morgan fingerprint density at radius 3 is 2.12 bits per heavy atom. The summed E-state index contributed by atoms with van der Waals surface area (Å²) < 4.78 is 32.3. The van der Waals surface area contributed by atoms with Gasteiger partial charge in [0.2, 0.25) is 15.9 Å². The summed E-state index contributed by atoms with van der Waals surface area (Å²) in [5.41, 5.74) is 4.63. The summed E-state index contributed by atoms with van der Waals surface area (Å²) in [5, 5.41) is 0. The minimum absolute atomic E-state index is 0.111. The van der Waals surface area contributed by atoms with E-state index < -0.39 is 21.8 Å². The van der Waals surface area contributed by atoms with Crippen LogP contribution in [0.2, 0.25) is 0 Å². The van der Waals surface area contributed by atoms with Crippen LogP contribution in [0.25, 0.3) is 0 Å². The molecule has 132 valence electrons. The smallest absolute Gasteiger partial charge is 0.269 e. The van der Waals surface area contributed by atoms with Gasteiger partial charge in [-0.1, -0.05) is 0 Å². The SMILES string of the molecule is CC(=O)NNC(=O)c1ccc(S(=O)(=O)N2C[C@@H](C)O[C@@H](C)C2)cc1. The molecular weight excluding hydrogens is 334 g/mol. The summed E-state index contributed by atoms with van der Waals surface area (Å²) in [7, 11) is -3.64. The number of sulfonamides is 1. The van der Waals surface area contributed by atoms with Crippen LogP contribution in [-0.2, 0) is 19.6 Å². The van der Waals surface area contributed by atoms with Gasteiger partial charge in [-0.3, -0.25) is 20.4 Å². The zero-order valence-corrected chi connectivity index (χ0v) is 14.6. The minimum atomic E-state index is -3.64. The van der Waals surface area contributed by atoms with Crippen molar-refractivity contribution in [1.82, 2.24) is 15.2 Å². The van der Waals surface area contributed by atoms with Gasteiger partial charge in [0.1, 0.15) is 0 Å². The van der Waals surface area contributed by atoms with E-state index in [9.17, 15) is 18.0 Å². The van der Waals surface area contributed by atoms with Crippen molar-refractivity contribution < 1.29 is 22.7 Å². The number of benzene rings is 1. The molecule has 1 saturated heterocycles. The fourth-order valence-corrected chi connectivity index (χ4v) is 4.06. The van der Waals surface area contributed by atoms with E-state index in [1.165, 1.54) is 35.5 Å². The van der Waals surface area contributed by atoms with Gasteiger partial charge in [-0.05, 0) is 38.1 Å². The number of rotatable bonds is 3. The average molecular weight is 355 g/mol. The van der Waals surface area contributed by atoms with Gasteiger partial charge in [-0.15, -0.1) is 0 Å². The van der Waals surface area contributed by atoms with Crippen molar-refractivity contribution in [1.29, 1.82) is 0 Å². The van der Waals surface area contributed by atoms with Crippen molar-refractivity contribution >= 4 is 21.8 Å². The average Bonchev–Trinajstić information content (AvgIpc) is 2.51. The topological polar surface area (TPSA) is 105 Å². The van der Waals surface area contributed by atoms with Gasteiger partial charge in [0.15, 0.2) is 0 Å². The van der Waals surface area contributed by atoms with Crippen LogP contribution < -0.4 is 10.9 Å². The summed E-state index contributed by atoms with van der Waals surface area (Å²) in [6, 6.07) is 5.56. The van der Waals surface area contributed by atoms with Crippen molar-refractivity contribution in [2.24, 2.45) is 0 Å². The van der Waals surface area contributed by atoms with Gasteiger partial charge in [0, 0.05) is 25.6 Å². The maximum atomic E-state index is 12.7. The molecule has 1 heterocycles. The van der Waals surface area contributed by atoms with Crippen LogP contribution in [0.5, 0.6) is 0 Å². The third kappa shape index (κ3) is 4.31. The van der Waals surface area contributed by atoms with Crippen LogP contribution in [0.4, 0.5) is 0 Å². The fourth-order valence-electron chi connectivity index (χ4n) is 2.47. The summed E-state index contributed by atoms with van der Waals surface area (Å²) in [4.78, 5) is 22.7. The summed E-state index contributed by atoms with van der Waals surface area (Å²) in [6.07, 6.45) is -0.350. The first kappa shape index (κ1) is 18.4. The minimum Gasteiger partial charge on any atom is -0.373 e. The third-order valence-corrected chi connectivity index (χ3v) is 5.34. The van der Waals surface area contributed by atoms with E-state index in [0.717, 1.165) is 0 Å². The maximum absolute atomic E-state index is 12.7. The van der Waals surface area contributed by atoms with E-state index in [4.69, 9.17) is 4.74 Å². The standard InChI is InChI=1S/C15H21N3O5S/c1-10-8-18(9-11(2)23-10)24(21,22)14-6-4-13(5-7-14)15(20)17-16-12(3)19/h4-7,10-11H,8-9H2,1-3H3,(H,16,19)(H,17,20)/t10-,11+. The highest BCUT2D eigenvalue weighted by Crippen LogP contribution is 2.21. The molecule has 24 heavy (non-hydrogen) atoms. The molecule has 2 N–H and O–H groups in total. The van der Waals surface area contributed by atoms with Gasteiger partial charge in [-0.25, -0.2) is 8.42 Å². The molecule has 1 fully saturated rings. The molecule has 0 bridgehead atoms. The third-order valence-electron chi connectivity index (χ3n) is 3.49. The van der Waals surface area contributed by atoms with Gasteiger partial charge in [0.05, 0.1) is 17.1 Å². The molecule has 1 aromatic rings. The van der Waals surface area contributed by atoms with E-state index in [1.54, 1.807) is 0 Å². The second-order valence-corrected chi connectivity index (χ2v) is 7.68. The largest absolute Gasteiger partial charge is 0.373 e. The van der Waals surface area contributed by atoms with E-state index >= 15 is 0 Å². The molecular formula is C15H21N3O5S. The molecule has 0 unspecified atom stereocenters. The monoisotopic (exact) mass is 355 g/mol. The number of hydrogen-bond acceptors (Lipinski definition) is 5. The Bertz CT molecular complexity index is 707. The highest BCUT2D eigenvalue weighted by molar-refractivity contribution is 7.89. The van der Waals surface area contributed by atoms with Crippen LogP contribution in [0, 0.1) is 0 Å². The number of nitrogens with zero attached hydrogens (tertiary/aromatic N) is 1. The predicted octanol–water partition coefficient (Wildman–Crippen LogP) is 0.265. The lowest BCUT2D eigenvalue weighted by atomic mass is 10.2. The molecule has 1 aromatic carbocycles. The Balaban J connectivity index is 2.14. The number of carbonyl (C=O) groups is 2. The number of ether oxygens (including phenoxy) is 1. The summed E-state index contributed by atoms with van der Waals surface area (Å²) >= 11 is 0. The molecule has 0 aromatic heterocycles. The number of nitrogens with one attached hydrogen (secondary N) is 2. The van der Waals surface area contributed by atoms with E-state index in [1.807, 2.05) is 13.8 Å². The van der Waals surface area contributed by atoms with E-state index in [0.29, 0.717) is 0 Å². The lowest BCUT2D eigenvalue weighted by Crippen LogP contribution is -2.48. The Kier molecular flexibility index (Phi) is 5.58. The molecule has 0 spiro atoms. The molecule has 2 atom stereocenters. The van der Waals surface area contributed by atoms with Crippen molar-refractivity contribution in [2.75, 3.05) is 13.1 Å². The van der Waals surface area contributed by atoms with Gasteiger partial charge >= 0.3 is 0 Å². The highest BCUT2D eigenvalue weighted by atomic mass is 32.2. The molecule has 0 saturated carbocycles. The summed E-state index contributed by atoms with van der Waals surface area (Å²) in [6.45, 7) is 5.50. The first-order chi connectivity index (χ1) is 11.2. The lowest BCUT2D eigenvalue weighted by molar-refractivity contribution is -0.119. The predicted molar refractivity (Wildman–Crippen MR) is 86.5 cm³/mol. The van der Waals surface area contributed by atoms with Crippen molar-refractivity contribution in [2.45, 2.75) is 37.9 Å². The first-order valence-corrected chi connectivity index (χ1v) is 8.96. The van der Waals surface area contributed by atoms with Crippen LogP contribution in [-0.4, -0.2) is 49.8 Å². The molecule has 0 radical (unpaired) electrons. The number of hydrazine groups is 1. The Morgan fingerprint density at radius 2 is 1.62 bits per heavy atom. The highest BCUT2D eigenvalue weighted by Gasteiger charge is 2.32. The number of carbonyl (C=O) groups excluding carboxylic acids is 2. The van der Waals surface area contributed by atoms with Crippen LogP contribution in [0.3, 0.4) is 0 Å². The first-order valence-electron chi connectivity index (χ1n) is 7.52. The van der Waals surface area contributed by atoms with Crippen molar-refractivity contribution in [3.8, 4) is 0 Å². The molecule has 2 rings (SSSR count). The zero-order chi connectivity index (χ0) is 17.9. The van der Waals surface area contributed by atoms with Crippen LogP contribution in [0.15, 0.2) is 29.2 Å². The number of morpholine rings is 1. The van der Waals surface area contributed by atoms with Crippen molar-refractivity contribution in [3.63, 3.8) is 0 Å². The van der Waals surface area contributed by atoms with Gasteiger partial charge in [0.25, 0.3) is 5.91 Å². The van der Waals surface area contributed by atoms with Gasteiger partial charge < -0.3 is 4.74 Å². The second kappa shape index (κ2) is 7.29. The van der Waals surface area contributed by atoms with Gasteiger partial charge in [-0.2, -0.15) is 4.31 Å². The molecule has 2 amide bonds. The lowest BCUT2D eigenvalue weighted by Gasteiger charge is -2.34. The molecule has 8 nitrogen and oxygen atoms in total. The Labute approximate surface area is 141 Å².